The standard InChI is InChI=1S/C20H20ClNO2/c1-12-7-8-13(2)22(12)20(19(23)24)17-6-4-3-5-15(17)16-10-9-14(21)11-18(16)20/h3-6,9-13H,7-8H2,1-2H3,(H,23,24)/t12-,13+,20?. The first-order valence-electron chi connectivity index (χ1n) is 8.39. The first kappa shape index (κ1) is 15.7. The van der Waals surface area contributed by atoms with Gasteiger partial charge in [0.05, 0.1) is 0 Å². The lowest BCUT2D eigenvalue weighted by Crippen LogP contribution is -2.55. The Morgan fingerprint density at radius 2 is 1.71 bits per heavy atom. The molecule has 0 bridgehead atoms. The number of carboxylic acid groups (broad SMARTS) is 1. The lowest BCUT2D eigenvalue weighted by atomic mass is 9.84. The Labute approximate surface area is 146 Å². The van der Waals surface area contributed by atoms with E-state index in [4.69, 9.17) is 11.6 Å². The summed E-state index contributed by atoms with van der Waals surface area (Å²) in [6.45, 7) is 4.25. The molecule has 4 heteroatoms. The normalized spacial score (nSPS) is 28.6. The van der Waals surface area contributed by atoms with E-state index in [2.05, 4.69) is 18.7 Å². The minimum absolute atomic E-state index is 0.203. The summed E-state index contributed by atoms with van der Waals surface area (Å²) in [5.41, 5.74) is 2.47. The number of rotatable bonds is 2. The average molecular weight is 342 g/mol. The fraction of sp³-hybridized carbons (Fsp3) is 0.350. The van der Waals surface area contributed by atoms with Crippen molar-refractivity contribution >= 4 is 17.6 Å². The Morgan fingerprint density at radius 3 is 2.38 bits per heavy atom. The van der Waals surface area contributed by atoms with Gasteiger partial charge in [-0.2, -0.15) is 0 Å². The zero-order valence-corrected chi connectivity index (χ0v) is 14.5. The second-order valence-corrected chi connectivity index (χ2v) is 7.37. The predicted octanol–water partition coefficient (Wildman–Crippen LogP) is 4.52. The van der Waals surface area contributed by atoms with Crippen molar-refractivity contribution in [2.75, 3.05) is 0 Å². The molecule has 0 radical (unpaired) electrons. The van der Waals surface area contributed by atoms with Crippen LogP contribution in [0.15, 0.2) is 42.5 Å². The number of fused-ring (bicyclic) bond motifs is 3. The largest absolute Gasteiger partial charge is 0.479 e. The smallest absolute Gasteiger partial charge is 0.333 e. The van der Waals surface area contributed by atoms with Crippen LogP contribution in [0.4, 0.5) is 0 Å². The van der Waals surface area contributed by atoms with Crippen LogP contribution in [0.25, 0.3) is 11.1 Å². The highest BCUT2D eigenvalue weighted by Crippen LogP contribution is 2.54. The number of halogens is 1. The minimum Gasteiger partial charge on any atom is -0.479 e. The highest BCUT2D eigenvalue weighted by atomic mass is 35.5. The molecule has 0 spiro atoms. The van der Waals surface area contributed by atoms with E-state index in [0.717, 1.165) is 35.1 Å². The van der Waals surface area contributed by atoms with Crippen LogP contribution in [-0.4, -0.2) is 28.1 Å². The first-order chi connectivity index (χ1) is 11.5. The molecule has 3 atom stereocenters. The number of aliphatic carboxylic acids is 1. The maximum atomic E-state index is 12.8. The highest BCUT2D eigenvalue weighted by molar-refractivity contribution is 6.30. The molecule has 0 saturated carbocycles. The summed E-state index contributed by atoms with van der Waals surface area (Å²) >= 11 is 6.27. The SMILES string of the molecule is C[C@@H]1CC[C@H](C)N1C1(C(=O)O)c2ccccc2-c2ccc(Cl)cc21. The van der Waals surface area contributed by atoms with Gasteiger partial charge in [-0.3, -0.25) is 4.90 Å². The molecule has 2 aromatic rings. The average Bonchev–Trinajstić information content (AvgIpc) is 3.03. The van der Waals surface area contributed by atoms with Gasteiger partial charge in [-0.25, -0.2) is 4.79 Å². The van der Waals surface area contributed by atoms with Crippen molar-refractivity contribution in [3.63, 3.8) is 0 Å². The van der Waals surface area contributed by atoms with Crippen LogP contribution in [-0.2, 0) is 10.3 Å². The van der Waals surface area contributed by atoms with Gasteiger partial charge in [0.15, 0.2) is 5.54 Å². The second kappa shape index (κ2) is 5.33. The molecule has 4 rings (SSSR count). The van der Waals surface area contributed by atoms with Crippen LogP contribution in [0.2, 0.25) is 5.02 Å². The molecule has 2 aliphatic rings. The van der Waals surface area contributed by atoms with Crippen LogP contribution in [0.1, 0.15) is 37.8 Å². The molecule has 0 amide bonds. The molecule has 1 fully saturated rings. The quantitative estimate of drug-likeness (QED) is 0.873. The van der Waals surface area contributed by atoms with E-state index >= 15 is 0 Å². The number of hydrogen-bond acceptors (Lipinski definition) is 2. The van der Waals surface area contributed by atoms with Gasteiger partial charge in [0.25, 0.3) is 0 Å². The summed E-state index contributed by atoms with van der Waals surface area (Å²) in [6, 6.07) is 13.9. The number of carboxylic acids is 1. The summed E-state index contributed by atoms with van der Waals surface area (Å²) in [4.78, 5) is 14.9. The van der Waals surface area contributed by atoms with Crippen molar-refractivity contribution < 1.29 is 9.90 Å². The molecule has 1 aliphatic carbocycles. The molecule has 3 nitrogen and oxygen atoms in total. The predicted molar refractivity (Wildman–Crippen MR) is 95.3 cm³/mol. The molecular weight excluding hydrogens is 322 g/mol. The first-order valence-corrected chi connectivity index (χ1v) is 8.77. The van der Waals surface area contributed by atoms with Crippen LogP contribution in [0.3, 0.4) is 0 Å². The lowest BCUT2D eigenvalue weighted by molar-refractivity contribution is -0.151. The van der Waals surface area contributed by atoms with Crippen LogP contribution in [0.5, 0.6) is 0 Å². The molecule has 124 valence electrons. The number of hydrogen-bond donors (Lipinski definition) is 1. The molecule has 24 heavy (non-hydrogen) atoms. The molecule has 1 aliphatic heterocycles. The Kier molecular flexibility index (Phi) is 3.48. The van der Waals surface area contributed by atoms with Crippen molar-refractivity contribution in [1.82, 2.24) is 4.90 Å². The number of carbonyl (C=O) groups is 1. The number of benzene rings is 2. The minimum atomic E-state index is -1.16. The number of nitrogens with zero attached hydrogens (tertiary/aromatic N) is 1. The van der Waals surface area contributed by atoms with E-state index in [9.17, 15) is 9.90 Å². The summed E-state index contributed by atoms with van der Waals surface area (Å²) < 4.78 is 0. The van der Waals surface area contributed by atoms with Gasteiger partial charge in [-0.1, -0.05) is 41.9 Å². The van der Waals surface area contributed by atoms with E-state index < -0.39 is 11.5 Å². The molecule has 0 aromatic heterocycles. The van der Waals surface area contributed by atoms with Crippen LogP contribution >= 0.6 is 11.6 Å². The van der Waals surface area contributed by atoms with E-state index in [1.54, 1.807) is 0 Å². The molecule has 2 aromatic carbocycles. The van der Waals surface area contributed by atoms with E-state index in [1.165, 1.54) is 0 Å². The Hall–Kier alpha value is -1.84. The fourth-order valence-corrected chi connectivity index (χ4v) is 4.88. The van der Waals surface area contributed by atoms with Crippen molar-refractivity contribution in [3.05, 3.63) is 58.6 Å². The molecular formula is C20H20ClNO2. The summed E-state index contributed by atoms with van der Waals surface area (Å²) in [5.74, 6) is -0.823. The van der Waals surface area contributed by atoms with Gasteiger partial charge < -0.3 is 5.11 Å². The van der Waals surface area contributed by atoms with Crippen molar-refractivity contribution in [2.45, 2.75) is 44.3 Å². The van der Waals surface area contributed by atoms with Crippen molar-refractivity contribution in [2.24, 2.45) is 0 Å². The van der Waals surface area contributed by atoms with E-state index in [1.807, 2.05) is 42.5 Å². The van der Waals surface area contributed by atoms with Crippen molar-refractivity contribution in [3.8, 4) is 11.1 Å². The zero-order valence-electron chi connectivity index (χ0n) is 13.8. The van der Waals surface area contributed by atoms with E-state index in [-0.39, 0.29) is 12.1 Å². The summed E-state index contributed by atoms with van der Waals surface area (Å²) in [6.07, 6.45) is 2.02. The van der Waals surface area contributed by atoms with Gasteiger partial charge in [0.1, 0.15) is 0 Å². The molecule has 1 unspecified atom stereocenters. The van der Waals surface area contributed by atoms with Crippen molar-refractivity contribution in [1.29, 1.82) is 0 Å². The molecule has 1 saturated heterocycles. The topological polar surface area (TPSA) is 40.5 Å². The zero-order chi connectivity index (χ0) is 17.1. The van der Waals surface area contributed by atoms with Gasteiger partial charge >= 0.3 is 5.97 Å². The third-order valence-electron chi connectivity index (χ3n) is 5.63. The summed E-state index contributed by atoms with van der Waals surface area (Å²) in [7, 11) is 0. The van der Waals surface area contributed by atoms with Crippen LogP contribution in [0, 0.1) is 0 Å². The van der Waals surface area contributed by atoms with Gasteiger partial charge in [0, 0.05) is 17.1 Å². The second-order valence-electron chi connectivity index (χ2n) is 6.93. The van der Waals surface area contributed by atoms with Gasteiger partial charge in [0.2, 0.25) is 0 Å². The fourth-order valence-electron chi connectivity index (χ4n) is 4.70. The number of likely N-dealkylation sites (tertiary alicyclic amines) is 1. The molecule has 1 heterocycles. The highest BCUT2D eigenvalue weighted by Gasteiger charge is 2.57. The lowest BCUT2D eigenvalue weighted by Gasteiger charge is -2.42. The maximum absolute atomic E-state index is 12.8. The third kappa shape index (κ3) is 1.86. The maximum Gasteiger partial charge on any atom is 0.333 e. The Bertz CT molecular complexity index is 824. The molecule has 1 N–H and O–H groups in total. The third-order valence-corrected chi connectivity index (χ3v) is 5.86. The van der Waals surface area contributed by atoms with Crippen LogP contribution < -0.4 is 0 Å². The Balaban J connectivity index is 2.10. The van der Waals surface area contributed by atoms with Gasteiger partial charge in [-0.05, 0) is 61.1 Å². The monoisotopic (exact) mass is 341 g/mol. The van der Waals surface area contributed by atoms with Gasteiger partial charge in [-0.15, -0.1) is 0 Å². The Morgan fingerprint density at radius 1 is 1.08 bits per heavy atom. The van der Waals surface area contributed by atoms with E-state index in [0.29, 0.717) is 5.02 Å². The summed E-state index contributed by atoms with van der Waals surface area (Å²) in [5, 5.41) is 11.0.